The maximum atomic E-state index is 10.1. The van der Waals surface area contributed by atoms with Crippen molar-refractivity contribution in [2.24, 2.45) is 0 Å². The number of hydrogen-bond donors (Lipinski definition) is 0. The van der Waals surface area contributed by atoms with Crippen molar-refractivity contribution in [3.63, 3.8) is 0 Å². The fraction of sp³-hybridized carbons (Fsp3) is 0.533. The fourth-order valence-electron chi connectivity index (χ4n) is 1.29. The summed E-state index contributed by atoms with van der Waals surface area (Å²) in [5.41, 5.74) is 1.44. The van der Waals surface area contributed by atoms with E-state index in [1.54, 1.807) is 0 Å². The average molecular weight is 236 g/mol. The van der Waals surface area contributed by atoms with Crippen molar-refractivity contribution in [2.45, 2.75) is 46.5 Å². The van der Waals surface area contributed by atoms with Gasteiger partial charge in [-0.15, -0.1) is 0 Å². The molecular formula is C15H24O2. The van der Waals surface area contributed by atoms with E-state index in [0.717, 1.165) is 12.8 Å². The van der Waals surface area contributed by atoms with Crippen molar-refractivity contribution in [2.75, 3.05) is 6.61 Å². The molecule has 0 aliphatic rings. The first-order chi connectivity index (χ1) is 8.20. The van der Waals surface area contributed by atoms with Crippen molar-refractivity contribution < 1.29 is 9.53 Å². The quantitative estimate of drug-likeness (QED) is 0.571. The molecule has 0 heterocycles. The topological polar surface area (TPSA) is 26.3 Å². The zero-order valence-corrected chi connectivity index (χ0v) is 11.2. The van der Waals surface area contributed by atoms with Gasteiger partial charge in [0, 0.05) is 6.92 Å². The first kappa shape index (κ1) is 15.7. The Morgan fingerprint density at radius 3 is 2.24 bits per heavy atom. The van der Waals surface area contributed by atoms with Crippen LogP contribution in [0.5, 0.6) is 0 Å². The van der Waals surface area contributed by atoms with E-state index in [2.05, 4.69) is 48.9 Å². The van der Waals surface area contributed by atoms with Crippen LogP contribution < -0.4 is 0 Å². The highest BCUT2D eigenvalue weighted by molar-refractivity contribution is 5.65. The van der Waals surface area contributed by atoms with Gasteiger partial charge in [-0.3, -0.25) is 4.79 Å². The van der Waals surface area contributed by atoms with Gasteiger partial charge >= 0.3 is 5.97 Å². The van der Waals surface area contributed by atoms with E-state index >= 15 is 0 Å². The molecule has 0 aliphatic carbocycles. The predicted octanol–water partition coefficient (Wildman–Crippen LogP) is 3.99. The number of rotatable bonds is 5. The lowest BCUT2D eigenvalue weighted by molar-refractivity contribution is -0.141. The Balaban J connectivity index is 0.000000304. The van der Waals surface area contributed by atoms with E-state index in [-0.39, 0.29) is 5.97 Å². The van der Waals surface area contributed by atoms with Gasteiger partial charge in [-0.05, 0) is 18.4 Å². The minimum Gasteiger partial charge on any atom is -0.466 e. The molecule has 0 bridgehead atoms. The third-order valence-electron chi connectivity index (χ3n) is 2.18. The minimum absolute atomic E-state index is 0.182. The molecular weight excluding hydrogens is 212 g/mol. The zero-order chi connectivity index (χ0) is 12.9. The highest BCUT2D eigenvalue weighted by atomic mass is 16.5. The first-order valence-electron chi connectivity index (χ1n) is 6.38. The fourth-order valence-corrected chi connectivity index (χ4v) is 1.29. The normalized spacial score (nSPS) is 9.12. The van der Waals surface area contributed by atoms with E-state index in [4.69, 9.17) is 0 Å². The minimum atomic E-state index is -0.182. The van der Waals surface area contributed by atoms with E-state index in [9.17, 15) is 4.79 Å². The molecule has 2 nitrogen and oxygen atoms in total. The van der Waals surface area contributed by atoms with Crippen LogP contribution in [-0.4, -0.2) is 12.6 Å². The van der Waals surface area contributed by atoms with Gasteiger partial charge in [0.25, 0.3) is 0 Å². The molecule has 0 saturated carbocycles. The van der Waals surface area contributed by atoms with E-state index < -0.39 is 0 Å². The molecule has 96 valence electrons. The highest BCUT2D eigenvalue weighted by Crippen LogP contribution is 2.00. The SMILES string of the molecule is CCCCOC(C)=O.CCCc1ccccc1. The lowest BCUT2D eigenvalue weighted by Gasteiger charge is -1.96. The molecule has 1 rings (SSSR count). The second-order valence-electron chi connectivity index (χ2n) is 3.93. The summed E-state index contributed by atoms with van der Waals surface area (Å²) in [5, 5.41) is 0. The van der Waals surface area contributed by atoms with Gasteiger partial charge in [0.2, 0.25) is 0 Å². The molecule has 0 saturated heterocycles. The van der Waals surface area contributed by atoms with E-state index in [0.29, 0.717) is 6.61 Å². The third kappa shape index (κ3) is 11.0. The Morgan fingerprint density at radius 2 is 1.76 bits per heavy atom. The Labute approximate surface area is 105 Å². The molecule has 0 radical (unpaired) electrons. The van der Waals surface area contributed by atoms with Crippen molar-refractivity contribution in [3.05, 3.63) is 35.9 Å². The van der Waals surface area contributed by atoms with E-state index in [1.807, 2.05) is 0 Å². The standard InChI is InChI=1S/C9H12.C6H12O2/c1-2-6-9-7-4-3-5-8-9;1-3-4-5-8-6(2)7/h3-5,7-8H,2,6H2,1H3;3-5H2,1-2H3. The molecule has 2 heteroatoms. The summed E-state index contributed by atoms with van der Waals surface area (Å²) < 4.78 is 4.64. The third-order valence-corrected chi connectivity index (χ3v) is 2.18. The molecule has 0 aliphatic heterocycles. The molecule has 17 heavy (non-hydrogen) atoms. The molecule has 0 N–H and O–H groups in total. The van der Waals surface area contributed by atoms with Crippen LogP contribution in [0.3, 0.4) is 0 Å². The summed E-state index contributed by atoms with van der Waals surface area (Å²) in [6.07, 6.45) is 4.50. The predicted molar refractivity (Wildman–Crippen MR) is 72.0 cm³/mol. The Bertz CT molecular complexity index is 280. The molecule has 1 aromatic rings. The highest BCUT2D eigenvalue weighted by Gasteiger charge is 1.88. The van der Waals surface area contributed by atoms with Crippen LogP contribution in [0.25, 0.3) is 0 Å². The van der Waals surface area contributed by atoms with Gasteiger partial charge in [0.1, 0.15) is 0 Å². The van der Waals surface area contributed by atoms with Gasteiger partial charge in [-0.25, -0.2) is 0 Å². The van der Waals surface area contributed by atoms with Crippen LogP contribution in [0, 0.1) is 0 Å². The van der Waals surface area contributed by atoms with Crippen LogP contribution in [0.4, 0.5) is 0 Å². The van der Waals surface area contributed by atoms with Crippen molar-refractivity contribution >= 4 is 5.97 Å². The summed E-state index contributed by atoms with van der Waals surface area (Å²) in [7, 11) is 0. The smallest absolute Gasteiger partial charge is 0.302 e. The Kier molecular flexibility index (Phi) is 10.3. The summed E-state index contributed by atoms with van der Waals surface area (Å²) in [6, 6.07) is 10.6. The molecule has 1 aromatic carbocycles. The molecule has 0 amide bonds. The van der Waals surface area contributed by atoms with Crippen molar-refractivity contribution in [1.82, 2.24) is 0 Å². The maximum absolute atomic E-state index is 10.1. The lowest BCUT2D eigenvalue weighted by Crippen LogP contribution is -1.99. The van der Waals surface area contributed by atoms with Gasteiger partial charge in [-0.2, -0.15) is 0 Å². The molecule has 0 spiro atoms. The summed E-state index contributed by atoms with van der Waals surface area (Å²) >= 11 is 0. The summed E-state index contributed by atoms with van der Waals surface area (Å²) in [4.78, 5) is 10.1. The van der Waals surface area contributed by atoms with Crippen LogP contribution in [-0.2, 0) is 16.0 Å². The molecule has 0 unspecified atom stereocenters. The second kappa shape index (κ2) is 11.2. The monoisotopic (exact) mass is 236 g/mol. The van der Waals surface area contributed by atoms with Crippen LogP contribution in [0.15, 0.2) is 30.3 Å². The first-order valence-corrected chi connectivity index (χ1v) is 6.38. The number of carbonyl (C=O) groups is 1. The van der Waals surface area contributed by atoms with Crippen molar-refractivity contribution in [1.29, 1.82) is 0 Å². The maximum Gasteiger partial charge on any atom is 0.302 e. The average Bonchev–Trinajstić information content (AvgIpc) is 2.32. The molecule has 0 atom stereocenters. The van der Waals surface area contributed by atoms with E-state index in [1.165, 1.54) is 25.3 Å². The molecule has 0 fully saturated rings. The molecule has 0 aromatic heterocycles. The van der Waals surface area contributed by atoms with Crippen LogP contribution >= 0.6 is 0 Å². The Hall–Kier alpha value is -1.31. The second-order valence-corrected chi connectivity index (χ2v) is 3.93. The number of esters is 1. The number of ether oxygens (including phenoxy) is 1. The van der Waals surface area contributed by atoms with Gasteiger partial charge in [-0.1, -0.05) is 57.0 Å². The largest absolute Gasteiger partial charge is 0.466 e. The van der Waals surface area contributed by atoms with Gasteiger partial charge in [0.15, 0.2) is 0 Å². The summed E-state index contributed by atoms with van der Waals surface area (Å²) in [5.74, 6) is -0.182. The van der Waals surface area contributed by atoms with Gasteiger partial charge < -0.3 is 4.74 Å². The zero-order valence-electron chi connectivity index (χ0n) is 11.2. The number of unbranched alkanes of at least 4 members (excludes halogenated alkanes) is 1. The van der Waals surface area contributed by atoms with Crippen molar-refractivity contribution in [3.8, 4) is 0 Å². The van der Waals surface area contributed by atoms with Gasteiger partial charge in [0.05, 0.1) is 6.61 Å². The van der Waals surface area contributed by atoms with Crippen LogP contribution in [0.2, 0.25) is 0 Å². The number of carbonyl (C=O) groups excluding carboxylic acids is 1. The number of hydrogen-bond acceptors (Lipinski definition) is 2. The lowest BCUT2D eigenvalue weighted by atomic mass is 10.1. The number of aryl methyl sites for hydroxylation is 1. The number of benzene rings is 1. The van der Waals surface area contributed by atoms with Crippen LogP contribution in [0.1, 0.15) is 45.6 Å². The summed E-state index contributed by atoms with van der Waals surface area (Å²) in [6.45, 7) is 6.26. The Morgan fingerprint density at radius 1 is 1.12 bits per heavy atom.